The number of rotatable bonds is 6. The number of amides is 1. The second-order valence-corrected chi connectivity index (χ2v) is 6.33. The highest BCUT2D eigenvalue weighted by molar-refractivity contribution is 6.31. The Balaban J connectivity index is 1.96. The molecular weight excluding hydrogens is 333 g/mol. The molecule has 0 unspecified atom stereocenters. The van der Waals surface area contributed by atoms with Crippen molar-refractivity contribution in [3.8, 4) is 0 Å². The summed E-state index contributed by atoms with van der Waals surface area (Å²) < 4.78 is 19.0. The van der Waals surface area contributed by atoms with Crippen LogP contribution in [0, 0.1) is 19.7 Å². The van der Waals surface area contributed by atoms with Gasteiger partial charge in [-0.15, -0.1) is 0 Å². The van der Waals surface area contributed by atoms with Crippen LogP contribution in [-0.4, -0.2) is 41.5 Å². The minimum atomic E-state index is -0.411. The number of carbonyl (C=O) groups excluding carboxylic acids is 1. The van der Waals surface area contributed by atoms with Crippen molar-refractivity contribution in [2.45, 2.75) is 26.9 Å². The van der Waals surface area contributed by atoms with Gasteiger partial charge < -0.3 is 9.42 Å². The van der Waals surface area contributed by atoms with Gasteiger partial charge >= 0.3 is 0 Å². The molecular formula is C17H21ClFN3O2. The van der Waals surface area contributed by atoms with Crippen LogP contribution in [0.5, 0.6) is 0 Å². The molecule has 0 aliphatic carbocycles. The first-order valence-electron chi connectivity index (χ1n) is 7.56. The standard InChI is InChI=1S/C17H21ClFN3O2/c1-11-13(12(2)24-20-11)8-21(3)10-17(23)22(4)9-14-15(18)6-5-7-16(14)19/h5-7H,8-10H2,1-4H3. The van der Waals surface area contributed by atoms with E-state index in [0.29, 0.717) is 17.1 Å². The number of hydrogen-bond acceptors (Lipinski definition) is 4. The molecule has 0 saturated carbocycles. The lowest BCUT2D eigenvalue weighted by Crippen LogP contribution is -2.36. The highest BCUT2D eigenvalue weighted by Crippen LogP contribution is 2.20. The molecule has 0 fully saturated rings. The molecule has 0 aliphatic heterocycles. The Bertz CT molecular complexity index is 693. The molecule has 7 heteroatoms. The van der Waals surface area contributed by atoms with Gasteiger partial charge in [-0.1, -0.05) is 22.8 Å². The molecule has 2 rings (SSSR count). The lowest BCUT2D eigenvalue weighted by molar-refractivity contribution is -0.131. The summed E-state index contributed by atoms with van der Waals surface area (Å²) in [5.74, 6) is 0.216. The highest BCUT2D eigenvalue weighted by Gasteiger charge is 2.18. The van der Waals surface area contributed by atoms with E-state index >= 15 is 0 Å². The van der Waals surface area contributed by atoms with Crippen molar-refractivity contribution in [3.05, 3.63) is 51.6 Å². The summed E-state index contributed by atoms with van der Waals surface area (Å²) in [4.78, 5) is 15.7. The maximum absolute atomic E-state index is 13.8. The van der Waals surface area contributed by atoms with Crippen molar-refractivity contribution in [1.82, 2.24) is 15.0 Å². The summed E-state index contributed by atoms with van der Waals surface area (Å²) in [7, 11) is 3.47. The SMILES string of the molecule is Cc1noc(C)c1CN(C)CC(=O)N(C)Cc1c(F)cccc1Cl. The van der Waals surface area contributed by atoms with E-state index in [9.17, 15) is 9.18 Å². The average Bonchev–Trinajstić information content (AvgIpc) is 2.82. The van der Waals surface area contributed by atoms with Gasteiger partial charge in [0.05, 0.1) is 12.2 Å². The second kappa shape index (κ2) is 7.77. The van der Waals surface area contributed by atoms with Crippen LogP contribution < -0.4 is 0 Å². The number of carbonyl (C=O) groups is 1. The topological polar surface area (TPSA) is 49.6 Å². The fourth-order valence-electron chi connectivity index (χ4n) is 2.41. The molecule has 0 saturated heterocycles. The van der Waals surface area contributed by atoms with E-state index in [1.807, 2.05) is 25.8 Å². The van der Waals surface area contributed by atoms with Crippen LogP contribution in [0.4, 0.5) is 4.39 Å². The minimum absolute atomic E-state index is 0.122. The van der Waals surface area contributed by atoms with Crippen molar-refractivity contribution >= 4 is 17.5 Å². The fraction of sp³-hybridized carbons (Fsp3) is 0.412. The zero-order chi connectivity index (χ0) is 17.9. The smallest absolute Gasteiger partial charge is 0.236 e. The van der Waals surface area contributed by atoms with Crippen LogP contribution in [0.3, 0.4) is 0 Å². The van der Waals surface area contributed by atoms with Gasteiger partial charge in [0.15, 0.2) is 0 Å². The number of aromatic nitrogens is 1. The molecule has 130 valence electrons. The van der Waals surface area contributed by atoms with Crippen molar-refractivity contribution in [2.75, 3.05) is 20.6 Å². The summed E-state index contributed by atoms with van der Waals surface area (Å²) in [5.41, 5.74) is 2.12. The molecule has 5 nitrogen and oxygen atoms in total. The Morgan fingerprint density at radius 1 is 1.25 bits per heavy atom. The number of benzene rings is 1. The molecule has 24 heavy (non-hydrogen) atoms. The Labute approximate surface area is 146 Å². The largest absolute Gasteiger partial charge is 0.361 e. The van der Waals surface area contributed by atoms with E-state index in [1.54, 1.807) is 19.2 Å². The van der Waals surface area contributed by atoms with Gasteiger partial charge in [0.2, 0.25) is 5.91 Å². The number of halogens is 2. The quantitative estimate of drug-likeness (QED) is 0.800. The Kier molecular flexibility index (Phi) is 5.96. The van der Waals surface area contributed by atoms with E-state index in [-0.39, 0.29) is 19.0 Å². The van der Waals surface area contributed by atoms with Gasteiger partial charge in [-0.25, -0.2) is 4.39 Å². The maximum atomic E-state index is 13.8. The van der Waals surface area contributed by atoms with Gasteiger partial charge in [0.25, 0.3) is 0 Å². The second-order valence-electron chi connectivity index (χ2n) is 5.93. The molecule has 1 heterocycles. The van der Waals surface area contributed by atoms with Gasteiger partial charge in [-0.05, 0) is 33.0 Å². The summed E-state index contributed by atoms with van der Waals surface area (Å²) in [5, 5.41) is 4.22. The third-order valence-corrected chi connectivity index (χ3v) is 4.25. The number of hydrogen-bond donors (Lipinski definition) is 0. The Morgan fingerprint density at radius 3 is 2.54 bits per heavy atom. The van der Waals surface area contributed by atoms with Crippen molar-refractivity contribution in [3.63, 3.8) is 0 Å². The summed E-state index contributed by atoms with van der Waals surface area (Å²) in [6.45, 7) is 4.60. The first kappa shape index (κ1) is 18.4. The third kappa shape index (κ3) is 4.33. The van der Waals surface area contributed by atoms with Gasteiger partial charge in [0, 0.05) is 36.3 Å². The maximum Gasteiger partial charge on any atom is 0.236 e. The van der Waals surface area contributed by atoms with Crippen LogP contribution >= 0.6 is 11.6 Å². The van der Waals surface area contributed by atoms with Crippen LogP contribution in [-0.2, 0) is 17.9 Å². The van der Waals surface area contributed by atoms with E-state index in [0.717, 1.165) is 17.0 Å². The van der Waals surface area contributed by atoms with E-state index in [2.05, 4.69) is 5.16 Å². The molecule has 0 radical (unpaired) electrons. The van der Waals surface area contributed by atoms with Crippen LogP contribution in [0.25, 0.3) is 0 Å². The normalized spacial score (nSPS) is 11.1. The number of likely N-dealkylation sites (N-methyl/N-ethyl adjacent to an activating group) is 2. The van der Waals surface area contributed by atoms with E-state index < -0.39 is 5.82 Å². The summed E-state index contributed by atoms with van der Waals surface area (Å²) >= 11 is 6.01. The van der Waals surface area contributed by atoms with E-state index in [4.69, 9.17) is 16.1 Å². The molecule has 0 aliphatic rings. The molecule has 2 aromatic rings. The van der Waals surface area contributed by atoms with Gasteiger partial charge in [-0.2, -0.15) is 0 Å². The first-order chi connectivity index (χ1) is 11.3. The Hall–Kier alpha value is -1.92. The molecule has 1 amide bonds. The van der Waals surface area contributed by atoms with Crippen LogP contribution in [0.15, 0.2) is 22.7 Å². The van der Waals surface area contributed by atoms with Crippen molar-refractivity contribution < 1.29 is 13.7 Å². The third-order valence-electron chi connectivity index (χ3n) is 3.90. The highest BCUT2D eigenvalue weighted by atomic mass is 35.5. The van der Waals surface area contributed by atoms with Gasteiger partial charge in [-0.3, -0.25) is 9.69 Å². The van der Waals surface area contributed by atoms with Crippen molar-refractivity contribution in [1.29, 1.82) is 0 Å². The molecule has 0 spiro atoms. The molecule has 1 aromatic carbocycles. The minimum Gasteiger partial charge on any atom is -0.361 e. The summed E-state index contributed by atoms with van der Waals surface area (Å²) in [6, 6.07) is 4.49. The number of aryl methyl sites for hydroxylation is 2. The van der Waals surface area contributed by atoms with Gasteiger partial charge in [0.1, 0.15) is 11.6 Å². The van der Waals surface area contributed by atoms with E-state index in [1.165, 1.54) is 11.0 Å². The monoisotopic (exact) mass is 353 g/mol. The predicted molar refractivity (Wildman–Crippen MR) is 90.2 cm³/mol. The lowest BCUT2D eigenvalue weighted by atomic mass is 10.2. The summed E-state index contributed by atoms with van der Waals surface area (Å²) in [6.07, 6.45) is 0. The zero-order valence-electron chi connectivity index (χ0n) is 14.3. The molecule has 0 bridgehead atoms. The lowest BCUT2D eigenvalue weighted by Gasteiger charge is -2.22. The first-order valence-corrected chi connectivity index (χ1v) is 7.94. The molecule has 0 atom stereocenters. The fourth-order valence-corrected chi connectivity index (χ4v) is 2.64. The van der Waals surface area contributed by atoms with Crippen LogP contribution in [0.2, 0.25) is 5.02 Å². The zero-order valence-corrected chi connectivity index (χ0v) is 15.0. The number of nitrogens with zero attached hydrogens (tertiary/aromatic N) is 3. The molecule has 1 aromatic heterocycles. The average molecular weight is 354 g/mol. The van der Waals surface area contributed by atoms with Crippen molar-refractivity contribution in [2.24, 2.45) is 0 Å². The van der Waals surface area contributed by atoms with Crippen LogP contribution in [0.1, 0.15) is 22.6 Å². The molecule has 0 N–H and O–H groups in total. The predicted octanol–water partition coefficient (Wildman–Crippen LogP) is 3.17. The Morgan fingerprint density at radius 2 is 1.96 bits per heavy atom.